The predicted molar refractivity (Wildman–Crippen MR) is 117 cm³/mol. The first kappa shape index (κ1) is 22.2. The summed E-state index contributed by atoms with van der Waals surface area (Å²) in [5.74, 6) is 1.43. The number of nitrogens with zero attached hydrogens (tertiary/aromatic N) is 1. The van der Waals surface area contributed by atoms with E-state index in [0.29, 0.717) is 49.2 Å². The lowest BCUT2D eigenvalue weighted by Gasteiger charge is -2.26. The van der Waals surface area contributed by atoms with Gasteiger partial charge in [-0.3, -0.25) is 9.59 Å². The zero-order valence-electron chi connectivity index (χ0n) is 17.6. The highest BCUT2D eigenvalue weighted by atomic mass is 16.5. The molecule has 0 bridgehead atoms. The summed E-state index contributed by atoms with van der Waals surface area (Å²) >= 11 is 0. The first-order valence-electron chi connectivity index (χ1n) is 9.88. The summed E-state index contributed by atoms with van der Waals surface area (Å²) in [6, 6.07) is 12.2. The molecule has 0 atom stereocenters. The summed E-state index contributed by atoms with van der Waals surface area (Å²) in [6.45, 7) is 2.26. The summed E-state index contributed by atoms with van der Waals surface area (Å²) in [6.07, 6.45) is 3.12. The van der Waals surface area contributed by atoms with Gasteiger partial charge < -0.3 is 29.2 Å². The first-order chi connectivity index (χ1) is 15.1. The van der Waals surface area contributed by atoms with Gasteiger partial charge in [-0.25, -0.2) is 0 Å². The number of benzene rings is 2. The van der Waals surface area contributed by atoms with E-state index in [2.05, 4.69) is 5.32 Å². The topological polar surface area (TPSA) is 86.3 Å². The summed E-state index contributed by atoms with van der Waals surface area (Å²) in [7, 11) is 3.13. The van der Waals surface area contributed by atoms with E-state index in [1.165, 1.54) is 6.08 Å². The fraction of sp³-hybridized carbons (Fsp3) is 0.304. The van der Waals surface area contributed by atoms with Gasteiger partial charge in [0.1, 0.15) is 5.75 Å². The summed E-state index contributed by atoms with van der Waals surface area (Å²) in [4.78, 5) is 26.0. The molecule has 2 aromatic rings. The van der Waals surface area contributed by atoms with Crippen molar-refractivity contribution in [2.45, 2.75) is 0 Å². The van der Waals surface area contributed by atoms with Gasteiger partial charge in [0.05, 0.1) is 27.4 Å². The molecule has 1 aliphatic heterocycles. The number of nitrogens with one attached hydrogen (secondary N) is 1. The molecule has 164 valence electrons. The second-order valence-corrected chi connectivity index (χ2v) is 6.74. The number of anilines is 1. The molecule has 31 heavy (non-hydrogen) atoms. The van der Waals surface area contributed by atoms with Crippen molar-refractivity contribution < 1.29 is 28.5 Å². The molecule has 2 aromatic carbocycles. The second-order valence-electron chi connectivity index (χ2n) is 6.74. The SMILES string of the molecule is COc1ccc(C=CC(=O)Nc2ccc(OCC(=O)N3CCOCC3)cc2)cc1OC. The van der Waals surface area contributed by atoms with Gasteiger partial charge in [-0.15, -0.1) is 0 Å². The van der Waals surface area contributed by atoms with Gasteiger partial charge in [0.15, 0.2) is 18.1 Å². The number of hydrogen-bond donors (Lipinski definition) is 1. The van der Waals surface area contributed by atoms with Crippen LogP contribution in [0.3, 0.4) is 0 Å². The fourth-order valence-electron chi connectivity index (χ4n) is 3.00. The van der Waals surface area contributed by atoms with Crippen molar-refractivity contribution in [3.8, 4) is 17.2 Å². The second kappa shape index (κ2) is 11.0. The average molecular weight is 426 g/mol. The molecule has 0 aliphatic carbocycles. The van der Waals surface area contributed by atoms with Crippen LogP contribution in [0.4, 0.5) is 5.69 Å². The van der Waals surface area contributed by atoms with Crippen LogP contribution in [0.1, 0.15) is 5.56 Å². The van der Waals surface area contributed by atoms with Gasteiger partial charge in [0.25, 0.3) is 5.91 Å². The lowest BCUT2D eigenvalue weighted by molar-refractivity contribution is -0.137. The van der Waals surface area contributed by atoms with Crippen molar-refractivity contribution in [1.29, 1.82) is 0 Å². The molecule has 1 heterocycles. The van der Waals surface area contributed by atoms with Crippen LogP contribution in [0.2, 0.25) is 0 Å². The number of rotatable bonds is 8. The molecular formula is C23H26N2O6. The van der Waals surface area contributed by atoms with E-state index in [1.54, 1.807) is 61.6 Å². The number of hydrogen-bond acceptors (Lipinski definition) is 6. The van der Waals surface area contributed by atoms with E-state index in [-0.39, 0.29) is 18.4 Å². The van der Waals surface area contributed by atoms with E-state index in [4.69, 9.17) is 18.9 Å². The first-order valence-corrected chi connectivity index (χ1v) is 9.88. The largest absolute Gasteiger partial charge is 0.493 e. The van der Waals surface area contributed by atoms with Crippen LogP contribution < -0.4 is 19.5 Å². The third-order valence-electron chi connectivity index (χ3n) is 4.68. The monoisotopic (exact) mass is 426 g/mol. The predicted octanol–water partition coefficient (Wildman–Crippen LogP) is 2.59. The Morgan fingerprint density at radius 1 is 1.03 bits per heavy atom. The quantitative estimate of drug-likeness (QED) is 0.653. The van der Waals surface area contributed by atoms with Crippen molar-refractivity contribution in [2.75, 3.05) is 52.4 Å². The van der Waals surface area contributed by atoms with Gasteiger partial charge in [-0.05, 0) is 48.0 Å². The van der Waals surface area contributed by atoms with Crippen LogP contribution in [-0.4, -0.2) is 63.8 Å². The maximum Gasteiger partial charge on any atom is 0.260 e. The van der Waals surface area contributed by atoms with Gasteiger partial charge in [0.2, 0.25) is 5.91 Å². The lowest BCUT2D eigenvalue weighted by Crippen LogP contribution is -2.42. The van der Waals surface area contributed by atoms with Gasteiger partial charge in [-0.2, -0.15) is 0 Å². The number of methoxy groups -OCH3 is 2. The molecule has 1 N–H and O–H groups in total. The molecule has 0 saturated carbocycles. The Morgan fingerprint density at radius 2 is 1.74 bits per heavy atom. The molecular weight excluding hydrogens is 400 g/mol. The Bertz CT molecular complexity index is 920. The van der Waals surface area contributed by atoms with Crippen molar-refractivity contribution in [3.05, 3.63) is 54.1 Å². The third-order valence-corrected chi connectivity index (χ3v) is 4.68. The smallest absolute Gasteiger partial charge is 0.260 e. The van der Waals surface area contributed by atoms with Gasteiger partial charge in [-0.1, -0.05) is 6.07 Å². The molecule has 0 spiro atoms. The maximum atomic E-state index is 12.2. The maximum absolute atomic E-state index is 12.2. The minimum Gasteiger partial charge on any atom is -0.493 e. The Labute approximate surface area is 181 Å². The minimum atomic E-state index is -0.272. The van der Waals surface area contributed by atoms with Crippen LogP contribution in [0.15, 0.2) is 48.5 Å². The molecule has 1 saturated heterocycles. The lowest BCUT2D eigenvalue weighted by atomic mass is 10.2. The Kier molecular flexibility index (Phi) is 7.89. The third kappa shape index (κ3) is 6.48. The van der Waals surface area contributed by atoms with E-state index < -0.39 is 0 Å². The zero-order valence-corrected chi connectivity index (χ0v) is 17.6. The molecule has 0 unspecified atom stereocenters. The van der Waals surface area contributed by atoms with Crippen LogP contribution in [0, 0.1) is 0 Å². The summed E-state index contributed by atoms with van der Waals surface area (Å²) in [5, 5.41) is 2.78. The van der Waals surface area contributed by atoms with Crippen molar-refractivity contribution in [1.82, 2.24) is 4.90 Å². The van der Waals surface area contributed by atoms with Crippen LogP contribution >= 0.6 is 0 Å². The Balaban J connectivity index is 1.49. The highest BCUT2D eigenvalue weighted by Crippen LogP contribution is 2.28. The molecule has 0 radical (unpaired) electrons. The molecule has 0 aromatic heterocycles. The highest BCUT2D eigenvalue weighted by Gasteiger charge is 2.17. The van der Waals surface area contributed by atoms with Gasteiger partial charge in [0, 0.05) is 24.9 Å². The van der Waals surface area contributed by atoms with Crippen molar-refractivity contribution in [3.63, 3.8) is 0 Å². The molecule has 3 rings (SSSR count). The molecule has 2 amide bonds. The average Bonchev–Trinajstić information content (AvgIpc) is 2.82. The van der Waals surface area contributed by atoms with Crippen LogP contribution in [0.25, 0.3) is 6.08 Å². The highest BCUT2D eigenvalue weighted by molar-refractivity contribution is 6.02. The number of morpholine rings is 1. The minimum absolute atomic E-state index is 0.0280. The normalized spacial score (nSPS) is 13.7. The number of carbonyl (C=O) groups excluding carboxylic acids is 2. The summed E-state index contributed by atoms with van der Waals surface area (Å²) < 4.78 is 21.2. The van der Waals surface area contributed by atoms with E-state index >= 15 is 0 Å². The van der Waals surface area contributed by atoms with Crippen molar-refractivity contribution >= 4 is 23.6 Å². The molecule has 1 fully saturated rings. The Morgan fingerprint density at radius 3 is 2.42 bits per heavy atom. The van der Waals surface area contributed by atoms with Crippen LogP contribution in [-0.2, 0) is 14.3 Å². The molecule has 8 heteroatoms. The zero-order chi connectivity index (χ0) is 22.1. The standard InChI is InChI=1S/C23H26N2O6/c1-28-20-9-3-17(15-21(20)29-2)4-10-22(26)24-18-5-7-19(8-6-18)31-16-23(27)25-11-13-30-14-12-25/h3-10,15H,11-14,16H2,1-2H3,(H,24,26). The Hall–Kier alpha value is -3.52. The van der Waals surface area contributed by atoms with Crippen molar-refractivity contribution in [2.24, 2.45) is 0 Å². The molecule has 8 nitrogen and oxygen atoms in total. The van der Waals surface area contributed by atoms with E-state index in [1.807, 2.05) is 6.07 Å². The molecule has 1 aliphatic rings. The van der Waals surface area contributed by atoms with E-state index in [0.717, 1.165) is 5.56 Å². The number of carbonyl (C=O) groups is 2. The van der Waals surface area contributed by atoms with Gasteiger partial charge >= 0.3 is 0 Å². The number of amides is 2. The fourth-order valence-corrected chi connectivity index (χ4v) is 3.00. The van der Waals surface area contributed by atoms with Crippen LogP contribution in [0.5, 0.6) is 17.2 Å². The number of ether oxygens (including phenoxy) is 4. The van der Waals surface area contributed by atoms with E-state index in [9.17, 15) is 9.59 Å². The summed E-state index contributed by atoms with van der Waals surface area (Å²) in [5.41, 5.74) is 1.43.